The maximum atomic E-state index is 13.1. The number of aromatic nitrogens is 3. The molecule has 0 atom stereocenters. The lowest BCUT2D eigenvalue weighted by atomic mass is 10.1. The number of rotatable bonds is 4. The van der Waals surface area contributed by atoms with Crippen LogP contribution in [0.2, 0.25) is 0 Å². The van der Waals surface area contributed by atoms with Gasteiger partial charge in [0, 0.05) is 49.2 Å². The van der Waals surface area contributed by atoms with Crippen molar-refractivity contribution in [3.05, 3.63) is 57.8 Å². The number of benzene rings is 1. The zero-order valence-corrected chi connectivity index (χ0v) is 14.3. The maximum Gasteiger partial charge on any atom is 0.259 e. The fourth-order valence-corrected chi connectivity index (χ4v) is 3.39. The first kappa shape index (κ1) is 15.7. The van der Waals surface area contributed by atoms with Gasteiger partial charge in [0.1, 0.15) is 11.5 Å². The summed E-state index contributed by atoms with van der Waals surface area (Å²) in [6, 6.07) is 5.61. The lowest BCUT2D eigenvalue weighted by Gasteiger charge is -2.21. The molecule has 130 valence electrons. The van der Waals surface area contributed by atoms with Gasteiger partial charge in [0.2, 0.25) is 5.78 Å². The van der Waals surface area contributed by atoms with E-state index in [1.54, 1.807) is 25.0 Å². The normalized spacial score (nSPS) is 13.7. The molecule has 2 aromatic heterocycles. The molecule has 0 saturated heterocycles. The van der Waals surface area contributed by atoms with Gasteiger partial charge in [-0.3, -0.25) is 13.8 Å². The predicted octanol–water partition coefficient (Wildman–Crippen LogP) is 1.21. The van der Waals surface area contributed by atoms with E-state index in [1.165, 1.54) is 0 Å². The van der Waals surface area contributed by atoms with Crippen molar-refractivity contribution in [3.63, 3.8) is 0 Å². The molecule has 1 N–H and O–H groups in total. The average molecular weight is 340 g/mol. The molecule has 3 aromatic rings. The van der Waals surface area contributed by atoms with Gasteiger partial charge in [-0.15, -0.1) is 0 Å². The smallest absolute Gasteiger partial charge is 0.259 e. The molecule has 7 nitrogen and oxygen atoms in total. The van der Waals surface area contributed by atoms with Crippen LogP contribution >= 0.6 is 0 Å². The van der Waals surface area contributed by atoms with Gasteiger partial charge < -0.3 is 14.8 Å². The largest absolute Gasteiger partial charge is 0.497 e. The summed E-state index contributed by atoms with van der Waals surface area (Å²) in [4.78, 5) is 17.5. The lowest BCUT2D eigenvalue weighted by molar-refractivity contribution is 0.390. The van der Waals surface area contributed by atoms with E-state index in [-0.39, 0.29) is 5.56 Å². The fourth-order valence-electron chi connectivity index (χ4n) is 3.39. The number of imidazole rings is 1. The number of nitrogens with one attached hydrogen (secondary N) is 1. The zero-order valence-electron chi connectivity index (χ0n) is 14.3. The number of methoxy groups -OCH3 is 2. The summed E-state index contributed by atoms with van der Waals surface area (Å²) in [7, 11) is 3.23. The molecule has 0 saturated carbocycles. The van der Waals surface area contributed by atoms with Crippen molar-refractivity contribution in [1.29, 1.82) is 0 Å². The average Bonchev–Trinajstić information content (AvgIpc) is 3.15. The Morgan fingerprint density at radius 1 is 1.28 bits per heavy atom. The summed E-state index contributed by atoms with van der Waals surface area (Å²) in [5.74, 6) is 2.06. The Kier molecular flexibility index (Phi) is 3.93. The molecule has 25 heavy (non-hydrogen) atoms. The van der Waals surface area contributed by atoms with E-state index in [0.717, 1.165) is 29.8 Å². The number of nitrogens with zero attached hydrogens (tertiary/aromatic N) is 3. The van der Waals surface area contributed by atoms with Gasteiger partial charge in [0.05, 0.1) is 26.3 Å². The lowest BCUT2D eigenvalue weighted by Crippen LogP contribution is -2.36. The van der Waals surface area contributed by atoms with E-state index in [4.69, 9.17) is 9.47 Å². The van der Waals surface area contributed by atoms with E-state index in [0.29, 0.717) is 30.4 Å². The molecule has 0 aliphatic carbocycles. The van der Waals surface area contributed by atoms with Crippen molar-refractivity contribution in [2.45, 2.75) is 19.5 Å². The van der Waals surface area contributed by atoms with Gasteiger partial charge in [-0.05, 0) is 12.1 Å². The number of ether oxygens (including phenoxy) is 2. The Balaban J connectivity index is 1.87. The minimum Gasteiger partial charge on any atom is -0.497 e. The standard InChI is InChI=1S/C18H20N4O3/c1-24-13-4-3-12(16(9-13)25-2)11-22-17(23)14-10-19-6-5-15(14)21-8-7-20-18(21)22/h3-4,7-9,19H,5-6,10-11H2,1-2H3. The SMILES string of the molecule is COc1ccc(Cn2c(=O)c3c(n4ccnc24)CCNC3)c(OC)c1. The monoisotopic (exact) mass is 340 g/mol. The molecule has 3 heterocycles. The third-order valence-corrected chi connectivity index (χ3v) is 4.67. The third-order valence-electron chi connectivity index (χ3n) is 4.67. The van der Waals surface area contributed by atoms with E-state index < -0.39 is 0 Å². The van der Waals surface area contributed by atoms with Crippen LogP contribution in [0.5, 0.6) is 11.5 Å². The molecule has 0 unspecified atom stereocenters. The van der Waals surface area contributed by atoms with Crippen molar-refractivity contribution in [2.75, 3.05) is 20.8 Å². The van der Waals surface area contributed by atoms with E-state index >= 15 is 0 Å². The van der Waals surface area contributed by atoms with Crippen molar-refractivity contribution >= 4 is 5.78 Å². The minimum absolute atomic E-state index is 0.00114. The molecule has 0 radical (unpaired) electrons. The van der Waals surface area contributed by atoms with Crippen LogP contribution in [0.25, 0.3) is 5.78 Å². The Labute approximate surface area is 144 Å². The first-order chi connectivity index (χ1) is 12.2. The molecule has 4 rings (SSSR count). The first-order valence-corrected chi connectivity index (χ1v) is 8.22. The van der Waals surface area contributed by atoms with Crippen LogP contribution in [-0.2, 0) is 19.5 Å². The third kappa shape index (κ3) is 2.56. The Morgan fingerprint density at radius 2 is 2.16 bits per heavy atom. The van der Waals surface area contributed by atoms with Crippen LogP contribution in [0.15, 0.2) is 35.4 Å². The Bertz CT molecular complexity index is 990. The van der Waals surface area contributed by atoms with Gasteiger partial charge in [0.25, 0.3) is 5.56 Å². The molecular formula is C18H20N4O3. The van der Waals surface area contributed by atoms with Crippen molar-refractivity contribution in [1.82, 2.24) is 19.3 Å². The molecule has 0 fully saturated rings. The van der Waals surface area contributed by atoms with Crippen molar-refractivity contribution in [3.8, 4) is 11.5 Å². The summed E-state index contributed by atoms with van der Waals surface area (Å²) in [5, 5.41) is 3.28. The minimum atomic E-state index is -0.00114. The van der Waals surface area contributed by atoms with Crippen molar-refractivity contribution in [2.24, 2.45) is 0 Å². The highest BCUT2D eigenvalue weighted by Gasteiger charge is 2.20. The molecule has 0 amide bonds. The summed E-state index contributed by atoms with van der Waals surface area (Å²) < 4.78 is 14.4. The van der Waals surface area contributed by atoms with Gasteiger partial charge >= 0.3 is 0 Å². The number of hydrogen-bond acceptors (Lipinski definition) is 5. The predicted molar refractivity (Wildman–Crippen MR) is 93.5 cm³/mol. The van der Waals surface area contributed by atoms with Crippen LogP contribution in [0.1, 0.15) is 16.8 Å². The highest BCUT2D eigenvalue weighted by atomic mass is 16.5. The molecule has 1 aliphatic rings. The van der Waals surface area contributed by atoms with Gasteiger partial charge in [-0.25, -0.2) is 4.98 Å². The first-order valence-electron chi connectivity index (χ1n) is 8.22. The van der Waals surface area contributed by atoms with Crippen LogP contribution in [0.3, 0.4) is 0 Å². The Morgan fingerprint density at radius 3 is 2.96 bits per heavy atom. The second-order valence-corrected chi connectivity index (χ2v) is 6.02. The summed E-state index contributed by atoms with van der Waals surface area (Å²) in [5.41, 5.74) is 2.76. The van der Waals surface area contributed by atoms with Crippen LogP contribution in [0, 0.1) is 0 Å². The molecule has 7 heteroatoms. The zero-order chi connectivity index (χ0) is 17.4. The van der Waals surface area contributed by atoms with Gasteiger partial charge in [0.15, 0.2) is 0 Å². The quantitative estimate of drug-likeness (QED) is 0.773. The number of fused-ring (bicyclic) bond motifs is 3. The second kappa shape index (κ2) is 6.25. The molecular weight excluding hydrogens is 320 g/mol. The Hall–Kier alpha value is -2.80. The topological polar surface area (TPSA) is 69.8 Å². The molecule has 1 aliphatic heterocycles. The van der Waals surface area contributed by atoms with E-state index in [1.807, 2.05) is 28.8 Å². The second-order valence-electron chi connectivity index (χ2n) is 6.02. The maximum absolute atomic E-state index is 13.1. The highest BCUT2D eigenvalue weighted by Crippen LogP contribution is 2.25. The molecule has 0 spiro atoms. The van der Waals surface area contributed by atoms with Gasteiger partial charge in [-0.1, -0.05) is 0 Å². The van der Waals surface area contributed by atoms with Gasteiger partial charge in [-0.2, -0.15) is 0 Å². The summed E-state index contributed by atoms with van der Waals surface area (Å²) in [6.07, 6.45) is 4.48. The summed E-state index contributed by atoms with van der Waals surface area (Å²) >= 11 is 0. The van der Waals surface area contributed by atoms with E-state index in [9.17, 15) is 4.79 Å². The fraction of sp³-hybridized carbons (Fsp3) is 0.333. The summed E-state index contributed by atoms with van der Waals surface area (Å²) in [6.45, 7) is 1.85. The van der Waals surface area contributed by atoms with Crippen molar-refractivity contribution < 1.29 is 9.47 Å². The molecule has 0 bridgehead atoms. The van der Waals surface area contributed by atoms with E-state index in [2.05, 4.69) is 10.3 Å². The van der Waals surface area contributed by atoms with Crippen LogP contribution in [0.4, 0.5) is 0 Å². The highest BCUT2D eigenvalue weighted by molar-refractivity contribution is 5.43. The molecule has 1 aromatic carbocycles. The van der Waals surface area contributed by atoms with Crippen LogP contribution < -0.4 is 20.3 Å². The number of hydrogen-bond donors (Lipinski definition) is 1. The van der Waals surface area contributed by atoms with Crippen LogP contribution in [-0.4, -0.2) is 34.7 Å².